The number of rotatable bonds is 6. The molecular formula is C15H19F3N2O. The molecule has 0 aromatic heterocycles. The van der Waals surface area contributed by atoms with Crippen LogP contribution in [-0.4, -0.2) is 29.6 Å². The van der Waals surface area contributed by atoms with E-state index in [-0.39, 0.29) is 12.6 Å². The van der Waals surface area contributed by atoms with Crippen LogP contribution >= 0.6 is 0 Å². The lowest BCUT2D eigenvalue weighted by Crippen LogP contribution is -2.41. The molecular weight excluding hydrogens is 281 g/mol. The van der Waals surface area contributed by atoms with E-state index < -0.39 is 18.5 Å². The maximum Gasteiger partial charge on any atom is 0.390 e. The van der Waals surface area contributed by atoms with Crippen LogP contribution in [0.25, 0.3) is 0 Å². The van der Waals surface area contributed by atoms with Crippen LogP contribution in [0.4, 0.5) is 13.2 Å². The highest BCUT2D eigenvalue weighted by molar-refractivity contribution is 5.92. The van der Waals surface area contributed by atoms with Crippen LogP contribution in [0, 0.1) is 0 Å². The van der Waals surface area contributed by atoms with Crippen molar-refractivity contribution in [1.29, 1.82) is 0 Å². The molecule has 1 fully saturated rings. The standard InChI is InChI=1S/C15H19F3N2O/c16-15(17,18)8-9-20(13-2-1-3-13)10-11-4-6-12(7-5-11)14(19)21/h4-7,13H,1-3,8-10H2,(H2,19,21). The zero-order valence-corrected chi connectivity index (χ0v) is 11.7. The third-order valence-electron chi connectivity index (χ3n) is 3.90. The molecule has 0 saturated heterocycles. The number of nitrogens with zero attached hydrogens (tertiary/aromatic N) is 1. The predicted molar refractivity (Wildman–Crippen MR) is 73.7 cm³/mol. The molecule has 0 heterocycles. The van der Waals surface area contributed by atoms with Gasteiger partial charge in [0.05, 0.1) is 6.42 Å². The Kier molecular flexibility index (Phi) is 4.88. The van der Waals surface area contributed by atoms with Crippen molar-refractivity contribution < 1.29 is 18.0 Å². The van der Waals surface area contributed by atoms with E-state index in [1.165, 1.54) is 0 Å². The Balaban J connectivity index is 1.98. The first kappa shape index (κ1) is 15.8. The highest BCUT2D eigenvalue weighted by Crippen LogP contribution is 2.28. The van der Waals surface area contributed by atoms with Crippen molar-refractivity contribution in [3.05, 3.63) is 35.4 Å². The number of benzene rings is 1. The lowest BCUT2D eigenvalue weighted by atomic mass is 9.91. The third kappa shape index (κ3) is 4.74. The quantitative estimate of drug-likeness (QED) is 0.877. The fourth-order valence-corrected chi connectivity index (χ4v) is 2.42. The largest absolute Gasteiger partial charge is 0.390 e. The second-order valence-electron chi connectivity index (χ2n) is 5.48. The summed E-state index contributed by atoms with van der Waals surface area (Å²) >= 11 is 0. The zero-order chi connectivity index (χ0) is 15.5. The van der Waals surface area contributed by atoms with E-state index in [1.54, 1.807) is 24.3 Å². The molecule has 0 atom stereocenters. The molecule has 1 aromatic rings. The van der Waals surface area contributed by atoms with Crippen LogP contribution in [0.1, 0.15) is 41.6 Å². The van der Waals surface area contributed by atoms with Crippen molar-refractivity contribution >= 4 is 5.91 Å². The van der Waals surface area contributed by atoms with E-state index in [0.29, 0.717) is 12.1 Å². The fraction of sp³-hybridized carbons (Fsp3) is 0.533. The van der Waals surface area contributed by atoms with Crippen LogP contribution in [0.15, 0.2) is 24.3 Å². The zero-order valence-electron chi connectivity index (χ0n) is 11.7. The molecule has 1 aliphatic rings. The molecule has 1 aromatic carbocycles. The first-order valence-corrected chi connectivity index (χ1v) is 7.05. The molecule has 21 heavy (non-hydrogen) atoms. The number of carbonyl (C=O) groups excluding carboxylic acids is 1. The van der Waals surface area contributed by atoms with Crippen LogP contribution in [0.3, 0.4) is 0 Å². The molecule has 0 aliphatic heterocycles. The Labute approximate surface area is 121 Å². The van der Waals surface area contributed by atoms with Gasteiger partial charge in [0.25, 0.3) is 0 Å². The second kappa shape index (κ2) is 6.47. The van der Waals surface area contributed by atoms with Gasteiger partial charge in [0.1, 0.15) is 0 Å². The number of carbonyl (C=O) groups is 1. The summed E-state index contributed by atoms with van der Waals surface area (Å²) in [6.45, 7) is 0.492. The summed E-state index contributed by atoms with van der Waals surface area (Å²) in [4.78, 5) is 12.9. The number of halogens is 3. The molecule has 1 amide bonds. The van der Waals surface area contributed by atoms with Crippen LogP contribution in [-0.2, 0) is 6.54 Å². The molecule has 6 heteroatoms. The van der Waals surface area contributed by atoms with Crippen molar-refractivity contribution in [1.82, 2.24) is 4.90 Å². The highest BCUT2D eigenvalue weighted by atomic mass is 19.4. The van der Waals surface area contributed by atoms with Crippen LogP contribution in [0.2, 0.25) is 0 Å². The Morgan fingerprint density at radius 3 is 2.29 bits per heavy atom. The number of alkyl halides is 3. The lowest BCUT2D eigenvalue weighted by Gasteiger charge is -2.37. The van der Waals surface area contributed by atoms with Gasteiger partial charge in [-0.3, -0.25) is 9.69 Å². The molecule has 0 unspecified atom stereocenters. The van der Waals surface area contributed by atoms with Gasteiger partial charge < -0.3 is 5.73 Å². The number of hydrogen-bond donors (Lipinski definition) is 1. The lowest BCUT2D eigenvalue weighted by molar-refractivity contribution is -0.140. The van der Waals surface area contributed by atoms with Crippen molar-refractivity contribution in [3.63, 3.8) is 0 Å². The summed E-state index contributed by atoms with van der Waals surface area (Å²) in [5.41, 5.74) is 6.47. The minimum atomic E-state index is -4.13. The molecule has 116 valence electrons. The third-order valence-corrected chi connectivity index (χ3v) is 3.90. The Morgan fingerprint density at radius 1 is 1.24 bits per heavy atom. The van der Waals surface area contributed by atoms with E-state index in [9.17, 15) is 18.0 Å². The molecule has 0 spiro atoms. The van der Waals surface area contributed by atoms with Crippen molar-refractivity contribution in [2.24, 2.45) is 5.73 Å². The number of nitrogens with two attached hydrogens (primary N) is 1. The summed E-state index contributed by atoms with van der Waals surface area (Å²) in [6, 6.07) is 6.96. The minimum Gasteiger partial charge on any atom is -0.366 e. The number of amides is 1. The monoisotopic (exact) mass is 300 g/mol. The minimum absolute atomic E-state index is 0.0196. The van der Waals surface area contributed by atoms with E-state index in [1.807, 2.05) is 4.90 Å². The van der Waals surface area contributed by atoms with Gasteiger partial charge in [-0.25, -0.2) is 0 Å². The predicted octanol–water partition coefficient (Wildman–Crippen LogP) is 3.09. The summed E-state index contributed by atoms with van der Waals surface area (Å²) in [7, 11) is 0. The van der Waals surface area contributed by atoms with E-state index in [0.717, 1.165) is 24.8 Å². The van der Waals surface area contributed by atoms with Gasteiger partial charge >= 0.3 is 6.18 Å². The van der Waals surface area contributed by atoms with E-state index in [2.05, 4.69) is 0 Å². The van der Waals surface area contributed by atoms with Gasteiger partial charge in [-0.15, -0.1) is 0 Å². The van der Waals surface area contributed by atoms with Gasteiger partial charge in [0.15, 0.2) is 0 Å². The summed E-state index contributed by atoms with van der Waals surface area (Å²) in [6.07, 6.45) is -1.93. The topological polar surface area (TPSA) is 46.3 Å². The molecule has 1 saturated carbocycles. The first-order valence-electron chi connectivity index (χ1n) is 7.05. The number of hydrogen-bond acceptors (Lipinski definition) is 2. The summed E-state index contributed by atoms with van der Waals surface area (Å²) in [5.74, 6) is -0.505. The van der Waals surface area contributed by atoms with Crippen LogP contribution in [0.5, 0.6) is 0 Å². The highest BCUT2D eigenvalue weighted by Gasteiger charge is 2.31. The maximum atomic E-state index is 12.4. The Hall–Kier alpha value is -1.56. The van der Waals surface area contributed by atoms with Gasteiger partial charge in [-0.2, -0.15) is 13.2 Å². The van der Waals surface area contributed by atoms with Crippen LogP contribution < -0.4 is 5.73 Å². The summed E-state index contributed by atoms with van der Waals surface area (Å²) in [5, 5.41) is 0. The Morgan fingerprint density at radius 2 is 1.86 bits per heavy atom. The van der Waals surface area contributed by atoms with Gasteiger partial charge in [-0.05, 0) is 30.5 Å². The normalized spacial score (nSPS) is 16.0. The van der Waals surface area contributed by atoms with Crippen molar-refractivity contribution in [3.8, 4) is 0 Å². The average Bonchev–Trinajstić information content (AvgIpc) is 2.33. The smallest absolute Gasteiger partial charge is 0.366 e. The molecule has 0 bridgehead atoms. The Bertz CT molecular complexity index is 481. The fourth-order valence-electron chi connectivity index (χ4n) is 2.42. The number of primary amides is 1. The molecule has 0 radical (unpaired) electrons. The second-order valence-corrected chi connectivity index (χ2v) is 5.48. The van der Waals surface area contributed by atoms with Gasteiger partial charge in [-0.1, -0.05) is 18.6 Å². The van der Waals surface area contributed by atoms with Crippen molar-refractivity contribution in [2.75, 3.05) is 6.54 Å². The van der Waals surface area contributed by atoms with Gasteiger partial charge in [0.2, 0.25) is 5.91 Å². The van der Waals surface area contributed by atoms with Gasteiger partial charge in [0, 0.05) is 24.7 Å². The van der Waals surface area contributed by atoms with Crippen molar-refractivity contribution in [2.45, 2.75) is 44.4 Å². The first-order chi connectivity index (χ1) is 9.85. The molecule has 3 nitrogen and oxygen atoms in total. The molecule has 2 rings (SSSR count). The molecule has 2 N–H and O–H groups in total. The van der Waals surface area contributed by atoms with E-state index in [4.69, 9.17) is 5.73 Å². The molecule has 1 aliphatic carbocycles. The SMILES string of the molecule is NC(=O)c1ccc(CN(CCC(F)(F)F)C2CCC2)cc1. The van der Waals surface area contributed by atoms with E-state index >= 15 is 0 Å². The average molecular weight is 300 g/mol. The summed E-state index contributed by atoms with van der Waals surface area (Å²) < 4.78 is 37.2. The maximum absolute atomic E-state index is 12.4.